The maximum Gasteiger partial charge on any atom is 0.0402 e. The Morgan fingerprint density at radius 1 is 1.38 bits per heavy atom. The Balaban J connectivity index is -0.0000000483. The fourth-order valence-corrected chi connectivity index (χ4v) is 0. The first-order valence-electron chi connectivity index (χ1n) is 2.36. The van der Waals surface area contributed by atoms with Crippen molar-refractivity contribution < 1.29 is 5.11 Å². The summed E-state index contributed by atoms with van der Waals surface area (Å²) in [5, 5.41) is 10.3. The Morgan fingerprint density at radius 3 is 1.38 bits per heavy atom. The highest BCUT2D eigenvalue weighted by molar-refractivity contribution is 3.91. The van der Waals surface area contributed by atoms with Crippen molar-refractivity contribution in [1.29, 1.82) is 0 Å². The third-order valence-electron chi connectivity index (χ3n) is 0. The van der Waals surface area contributed by atoms with Crippen LogP contribution in [0.1, 0.15) is 6.92 Å². The largest absolute Gasteiger partial charge is 0.397 e. The molecule has 0 aromatic heterocycles. The van der Waals surface area contributed by atoms with Crippen molar-refractivity contribution >= 4 is 0 Å². The van der Waals surface area contributed by atoms with Gasteiger partial charge in [-0.05, 0) is 21.0 Å². The van der Waals surface area contributed by atoms with E-state index in [0.717, 1.165) is 0 Å². The molecule has 6 N–H and O–H groups in total. The quantitative estimate of drug-likeness (QED) is 0.237. The van der Waals surface area contributed by atoms with E-state index < -0.39 is 0 Å². The van der Waals surface area contributed by atoms with E-state index in [2.05, 4.69) is 17.0 Å². The summed E-state index contributed by atoms with van der Waals surface area (Å²) in [5.74, 6) is 8.00. The van der Waals surface area contributed by atoms with Gasteiger partial charge in [-0.25, -0.2) is 0 Å². The van der Waals surface area contributed by atoms with Gasteiger partial charge in [0.15, 0.2) is 0 Å². The molecule has 0 spiro atoms. The normalized spacial score (nSPS) is 5.25. The molecule has 0 amide bonds. The summed E-state index contributed by atoms with van der Waals surface area (Å²) in [6.45, 7) is 1.93. The van der Waals surface area contributed by atoms with Crippen LogP contribution >= 0.6 is 0 Å². The summed E-state index contributed by atoms with van der Waals surface area (Å²) in [6, 6.07) is 0. The number of nitrogens with one attached hydrogen (secondary N) is 1. The lowest BCUT2D eigenvalue weighted by Gasteiger charge is -1.59. The molecule has 0 aromatic rings. The van der Waals surface area contributed by atoms with Crippen LogP contribution in [0.15, 0.2) is 0 Å². The Hall–Kier alpha value is -0.160. The topological polar surface area (TPSA) is 84.3 Å². The summed E-state index contributed by atoms with van der Waals surface area (Å²) in [5.41, 5.74) is 0. The minimum atomic E-state index is 0.250. The molecule has 0 aliphatic carbocycles. The van der Waals surface area contributed by atoms with Gasteiger partial charge in [-0.2, -0.15) is 0 Å². The van der Waals surface area contributed by atoms with Gasteiger partial charge in [0.25, 0.3) is 0 Å². The highest BCUT2D eigenvalue weighted by atomic mass is 16.2. The van der Waals surface area contributed by atoms with Crippen molar-refractivity contribution in [3.8, 4) is 0 Å². The van der Waals surface area contributed by atoms with Crippen LogP contribution in [0.25, 0.3) is 0 Å². The highest BCUT2D eigenvalue weighted by Crippen LogP contribution is 1.30. The number of hydrogen-bond donors (Lipinski definition) is 4. The van der Waals surface area contributed by atoms with Crippen LogP contribution in [0.4, 0.5) is 0 Å². The molecule has 0 aliphatic heterocycles. The lowest BCUT2D eigenvalue weighted by molar-refractivity contribution is 0.318. The lowest BCUT2D eigenvalue weighted by atomic mass is 10.9. The molecular formula is C4H17N3O. The zero-order valence-corrected chi connectivity index (χ0v) is 5.81. The van der Waals surface area contributed by atoms with Crippen LogP contribution in [0.3, 0.4) is 0 Å². The molecule has 0 bridgehead atoms. The predicted octanol–water partition coefficient (Wildman–Crippen LogP) is -1.35. The van der Waals surface area contributed by atoms with Crippen molar-refractivity contribution in [3.05, 3.63) is 0 Å². The van der Waals surface area contributed by atoms with Crippen molar-refractivity contribution in [2.75, 3.05) is 20.7 Å². The van der Waals surface area contributed by atoms with E-state index in [4.69, 9.17) is 5.11 Å². The van der Waals surface area contributed by atoms with Crippen LogP contribution in [0.5, 0.6) is 0 Å². The number of rotatable bonds is 0. The summed E-state index contributed by atoms with van der Waals surface area (Å²) in [4.78, 5) is 0. The van der Waals surface area contributed by atoms with E-state index in [0.29, 0.717) is 0 Å². The van der Waals surface area contributed by atoms with Gasteiger partial charge in [-0.3, -0.25) is 11.7 Å². The first-order valence-corrected chi connectivity index (χ1v) is 2.36. The maximum atomic E-state index is 7.57. The van der Waals surface area contributed by atoms with E-state index in [-0.39, 0.29) is 6.61 Å². The molecule has 4 heteroatoms. The molecule has 0 saturated carbocycles. The fourth-order valence-electron chi connectivity index (χ4n) is 0. The van der Waals surface area contributed by atoms with Crippen LogP contribution in [-0.2, 0) is 0 Å². The smallest absolute Gasteiger partial charge is 0.0402 e. The van der Waals surface area contributed by atoms with Gasteiger partial charge in [0.1, 0.15) is 0 Å². The van der Waals surface area contributed by atoms with Crippen molar-refractivity contribution in [3.63, 3.8) is 0 Å². The molecule has 0 aromatic carbocycles. The number of hydrazine groups is 1. The highest BCUT2D eigenvalue weighted by Gasteiger charge is 1.34. The molecule has 0 aliphatic rings. The molecular weight excluding hydrogens is 106 g/mol. The standard InChI is InChI=1S/C2H7N.C2H6O.H4N2/c1-3-2;1-2-3;1-2/h3H,1-2H3;3H,2H2,1H3;1-2H2. The predicted molar refractivity (Wildman–Crippen MR) is 36.1 cm³/mol. The van der Waals surface area contributed by atoms with Gasteiger partial charge in [-0.1, -0.05) is 0 Å². The van der Waals surface area contributed by atoms with Gasteiger partial charge in [0.2, 0.25) is 0 Å². The molecule has 0 heterocycles. The van der Waals surface area contributed by atoms with Gasteiger partial charge >= 0.3 is 0 Å². The molecule has 0 unspecified atom stereocenters. The Bertz CT molecular complexity index is 13.2. The van der Waals surface area contributed by atoms with E-state index in [1.807, 2.05) is 14.1 Å². The third-order valence-corrected chi connectivity index (χ3v) is 0. The lowest BCUT2D eigenvalue weighted by Crippen LogP contribution is -2.02. The molecule has 0 fully saturated rings. The Labute approximate surface area is 50.8 Å². The van der Waals surface area contributed by atoms with Gasteiger partial charge in [0, 0.05) is 6.61 Å². The van der Waals surface area contributed by atoms with Gasteiger partial charge in [0.05, 0.1) is 0 Å². The summed E-state index contributed by atoms with van der Waals surface area (Å²) in [6.07, 6.45) is 0. The first-order chi connectivity index (χ1) is 3.83. The molecule has 4 nitrogen and oxygen atoms in total. The summed E-state index contributed by atoms with van der Waals surface area (Å²) in [7, 11) is 3.75. The van der Waals surface area contributed by atoms with E-state index in [1.54, 1.807) is 6.92 Å². The van der Waals surface area contributed by atoms with Crippen molar-refractivity contribution in [2.45, 2.75) is 6.92 Å². The second kappa shape index (κ2) is 68.9. The number of hydrogen-bond acceptors (Lipinski definition) is 4. The molecule has 0 saturated heterocycles. The Morgan fingerprint density at radius 2 is 1.38 bits per heavy atom. The number of aliphatic hydroxyl groups excluding tert-OH is 1. The second-order valence-electron chi connectivity index (χ2n) is 0.816. The van der Waals surface area contributed by atoms with Crippen LogP contribution in [-0.4, -0.2) is 25.8 Å². The second-order valence-corrected chi connectivity index (χ2v) is 0.816. The molecule has 0 radical (unpaired) electrons. The number of nitrogens with two attached hydrogens (primary N) is 2. The molecule has 0 atom stereocenters. The van der Waals surface area contributed by atoms with Crippen molar-refractivity contribution in [1.82, 2.24) is 5.32 Å². The molecule has 8 heavy (non-hydrogen) atoms. The molecule has 0 rings (SSSR count). The summed E-state index contributed by atoms with van der Waals surface area (Å²) < 4.78 is 0. The fraction of sp³-hybridized carbons (Fsp3) is 1.00. The van der Waals surface area contributed by atoms with E-state index >= 15 is 0 Å². The van der Waals surface area contributed by atoms with Gasteiger partial charge < -0.3 is 10.4 Å². The Kier molecular flexibility index (Phi) is 135. The zero-order valence-electron chi connectivity index (χ0n) is 5.81. The summed E-state index contributed by atoms with van der Waals surface area (Å²) >= 11 is 0. The van der Waals surface area contributed by atoms with Crippen LogP contribution < -0.4 is 17.0 Å². The SMILES string of the molecule is CCO.CNC.NN. The van der Waals surface area contributed by atoms with Crippen LogP contribution in [0.2, 0.25) is 0 Å². The van der Waals surface area contributed by atoms with E-state index in [1.165, 1.54) is 0 Å². The first kappa shape index (κ1) is 15.7. The average Bonchev–Trinajstić information content (AvgIpc) is 1.75. The van der Waals surface area contributed by atoms with E-state index in [9.17, 15) is 0 Å². The minimum Gasteiger partial charge on any atom is -0.397 e. The zero-order chi connectivity index (χ0) is 7.41. The maximum absolute atomic E-state index is 7.57. The van der Waals surface area contributed by atoms with Crippen LogP contribution in [0, 0.1) is 0 Å². The average molecular weight is 123 g/mol. The minimum absolute atomic E-state index is 0.250. The third kappa shape index (κ3) is 5340. The number of aliphatic hydroxyl groups is 1. The monoisotopic (exact) mass is 123 g/mol. The van der Waals surface area contributed by atoms with Crippen molar-refractivity contribution in [2.24, 2.45) is 11.7 Å². The molecule has 54 valence electrons. The van der Waals surface area contributed by atoms with Gasteiger partial charge in [-0.15, -0.1) is 0 Å².